The van der Waals surface area contributed by atoms with E-state index in [4.69, 9.17) is 9.85 Å². The summed E-state index contributed by atoms with van der Waals surface area (Å²) in [4.78, 5) is 10.7. The number of nitrogens with two attached hydrogens (primary N) is 1. The molecule has 4 nitrogen and oxygen atoms in total. The van der Waals surface area contributed by atoms with Crippen molar-refractivity contribution in [1.82, 2.24) is 10.2 Å². The standard InChI is InChI=1S/C6H7N3O/c1-4-2-3-8-9-5(4)6(7)10/h2-3H,1H3,(H2,7,10)/i1D3. The molecule has 0 aliphatic carbocycles. The first-order chi connectivity index (χ1) is 5.93. The molecule has 1 rings (SSSR count). The molecule has 0 aliphatic heterocycles. The Kier molecular flexibility index (Phi) is 0.887. The van der Waals surface area contributed by atoms with Crippen LogP contribution in [0.3, 0.4) is 0 Å². The fourth-order valence-corrected chi connectivity index (χ4v) is 0.514. The van der Waals surface area contributed by atoms with Crippen LogP contribution in [0.25, 0.3) is 0 Å². The number of amides is 1. The van der Waals surface area contributed by atoms with Gasteiger partial charge in [-0.25, -0.2) is 0 Å². The van der Waals surface area contributed by atoms with Crippen molar-refractivity contribution in [2.75, 3.05) is 0 Å². The molecular formula is C6H7N3O. The summed E-state index contributed by atoms with van der Waals surface area (Å²) < 4.78 is 21.2. The maximum Gasteiger partial charge on any atom is 0.269 e. The van der Waals surface area contributed by atoms with Gasteiger partial charge in [-0.1, -0.05) is 0 Å². The van der Waals surface area contributed by atoms with Crippen LogP contribution >= 0.6 is 0 Å². The summed E-state index contributed by atoms with van der Waals surface area (Å²) in [5, 5.41) is 6.74. The van der Waals surface area contributed by atoms with E-state index in [0.29, 0.717) is 0 Å². The number of rotatable bonds is 1. The van der Waals surface area contributed by atoms with Gasteiger partial charge in [-0.2, -0.15) is 5.10 Å². The van der Waals surface area contributed by atoms with Crippen LogP contribution in [0.5, 0.6) is 0 Å². The molecule has 0 bridgehead atoms. The molecule has 0 saturated heterocycles. The summed E-state index contributed by atoms with van der Waals surface area (Å²) in [6, 6.07) is 1.21. The third-order valence-electron chi connectivity index (χ3n) is 0.954. The minimum Gasteiger partial charge on any atom is -0.364 e. The van der Waals surface area contributed by atoms with Crippen molar-refractivity contribution in [3.8, 4) is 0 Å². The zero-order chi connectivity index (χ0) is 10.1. The average Bonchev–Trinajstić information content (AvgIpc) is 2.03. The highest BCUT2D eigenvalue weighted by atomic mass is 16.1. The van der Waals surface area contributed by atoms with E-state index in [1.165, 1.54) is 12.3 Å². The smallest absolute Gasteiger partial charge is 0.269 e. The minimum absolute atomic E-state index is 0.171. The summed E-state index contributed by atoms with van der Waals surface area (Å²) in [6.45, 7) is -2.39. The topological polar surface area (TPSA) is 68.9 Å². The maximum absolute atomic E-state index is 10.7. The Hall–Kier alpha value is -1.45. The zero-order valence-electron chi connectivity index (χ0n) is 8.03. The Labute approximate surface area is 62.3 Å². The summed E-state index contributed by atoms with van der Waals surface area (Å²) in [5.41, 5.74) is 4.45. The largest absolute Gasteiger partial charge is 0.364 e. The van der Waals surface area contributed by atoms with Gasteiger partial charge in [0.25, 0.3) is 5.91 Å². The monoisotopic (exact) mass is 140 g/mol. The number of aryl methyl sites for hydroxylation is 1. The molecule has 52 valence electrons. The highest BCUT2D eigenvalue weighted by Gasteiger charge is 2.04. The second-order valence-corrected chi connectivity index (χ2v) is 1.66. The second kappa shape index (κ2) is 2.43. The molecule has 2 N–H and O–H groups in total. The zero-order valence-corrected chi connectivity index (χ0v) is 5.03. The maximum atomic E-state index is 10.7. The second-order valence-electron chi connectivity index (χ2n) is 1.66. The van der Waals surface area contributed by atoms with Gasteiger partial charge in [0, 0.05) is 10.3 Å². The van der Waals surface area contributed by atoms with E-state index >= 15 is 0 Å². The van der Waals surface area contributed by atoms with Gasteiger partial charge in [0.2, 0.25) is 0 Å². The average molecular weight is 140 g/mol. The number of hydrogen-bond donors (Lipinski definition) is 1. The molecular weight excluding hydrogens is 130 g/mol. The van der Waals surface area contributed by atoms with E-state index in [9.17, 15) is 4.79 Å². The Bertz CT molecular complexity index is 336. The van der Waals surface area contributed by atoms with Gasteiger partial charge in [0.15, 0.2) is 5.69 Å². The van der Waals surface area contributed by atoms with Crippen molar-refractivity contribution < 1.29 is 8.91 Å². The van der Waals surface area contributed by atoms with Crippen molar-refractivity contribution in [3.63, 3.8) is 0 Å². The van der Waals surface area contributed by atoms with Crippen LogP contribution in [0.15, 0.2) is 12.3 Å². The predicted octanol–water partition coefficient (Wildman–Crippen LogP) is -0.116. The van der Waals surface area contributed by atoms with Crippen LogP contribution in [0.1, 0.15) is 20.2 Å². The van der Waals surface area contributed by atoms with E-state index in [2.05, 4.69) is 10.2 Å². The summed E-state index contributed by atoms with van der Waals surface area (Å²) in [7, 11) is 0. The minimum atomic E-state index is -2.39. The number of hydrogen-bond acceptors (Lipinski definition) is 3. The SMILES string of the molecule is [2H]C([2H])([2H])c1ccnnc1C(N)=O. The normalized spacial score (nSPS) is 15.0. The lowest BCUT2D eigenvalue weighted by atomic mass is 10.2. The molecule has 10 heavy (non-hydrogen) atoms. The number of carbonyl (C=O) groups is 1. The van der Waals surface area contributed by atoms with Crippen LogP contribution in [-0.4, -0.2) is 16.1 Å². The molecule has 1 heterocycles. The first-order valence-corrected chi connectivity index (χ1v) is 2.55. The number of carbonyl (C=O) groups excluding carboxylic acids is 1. The van der Waals surface area contributed by atoms with Crippen molar-refractivity contribution in [2.45, 2.75) is 6.85 Å². The van der Waals surface area contributed by atoms with Gasteiger partial charge in [-0.15, -0.1) is 5.10 Å². The molecule has 1 aromatic heterocycles. The number of aromatic nitrogens is 2. The quantitative estimate of drug-likeness (QED) is 0.591. The first-order valence-electron chi connectivity index (χ1n) is 4.05. The van der Waals surface area contributed by atoms with Gasteiger partial charge in [0.1, 0.15) is 0 Å². The van der Waals surface area contributed by atoms with E-state index < -0.39 is 12.8 Å². The van der Waals surface area contributed by atoms with Crippen LogP contribution in [0.2, 0.25) is 0 Å². The van der Waals surface area contributed by atoms with Gasteiger partial charge in [-0.05, 0) is 18.5 Å². The third kappa shape index (κ3) is 1.10. The van der Waals surface area contributed by atoms with Gasteiger partial charge in [0.05, 0.1) is 0 Å². The molecule has 0 aliphatic rings. The number of nitrogens with zero attached hydrogens (tertiary/aromatic N) is 2. The Balaban J connectivity index is 3.28. The molecule has 0 fully saturated rings. The fraction of sp³-hybridized carbons (Fsp3) is 0.167. The van der Waals surface area contributed by atoms with E-state index in [0.717, 1.165) is 0 Å². The molecule has 1 amide bonds. The summed E-state index contributed by atoms with van der Waals surface area (Å²) in [5.74, 6) is -0.890. The highest BCUT2D eigenvalue weighted by Crippen LogP contribution is 1.98. The lowest BCUT2D eigenvalue weighted by molar-refractivity contribution is 0.0994. The van der Waals surface area contributed by atoms with Gasteiger partial charge < -0.3 is 5.73 Å². The highest BCUT2D eigenvalue weighted by molar-refractivity contribution is 5.91. The summed E-state index contributed by atoms with van der Waals surface area (Å²) >= 11 is 0. The summed E-state index contributed by atoms with van der Waals surface area (Å²) in [6.07, 6.45) is 1.20. The Morgan fingerprint density at radius 3 is 3.20 bits per heavy atom. The van der Waals surface area contributed by atoms with Gasteiger partial charge in [-0.3, -0.25) is 4.79 Å². The molecule has 0 radical (unpaired) electrons. The van der Waals surface area contributed by atoms with Crippen molar-refractivity contribution >= 4 is 5.91 Å². The Morgan fingerprint density at radius 2 is 2.70 bits per heavy atom. The third-order valence-corrected chi connectivity index (χ3v) is 0.954. The molecule has 0 aromatic carbocycles. The molecule has 4 heteroatoms. The number of primary amides is 1. The fourth-order valence-electron chi connectivity index (χ4n) is 0.514. The molecule has 0 unspecified atom stereocenters. The Morgan fingerprint density at radius 1 is 1.90 bits per heavy atom. The van der Waals surface area contributed by atoms with Gasteiger partial charge >= 0.3 is 0 Å². The molecule has 0 atom stereocenters. The van der Waals surface area contributed by atoms with Crippen LogP contribution in [0.4, 0.5) is 0 Å². The van der Waals surface area contributed by atoms with E-state index in [-0.39, 0.29) is 11.3 Å². The molecule has 1 aromatic rings. The lowest BCUT2D eigenvalue weighted by Gasteiger charge is -1.94. The van der Waals surface area contributed by atoms with Crippen molar-refractivity contribution in [2.24, 2.45) is 5.73 Å². The lowest BCUT2D eigenvalue weighted by Crippen LogP contribution is -2.15. The van der Waals surface area contributed by atoms with Crippen LogP contribution in [-0.2, 0) is 0 Å². The van der Waals surface area contributed by atoms with Crippen LogP contribution < -0.4 is 5.73 Å². The predicted molar refractivity (Wildman–Crippen MR) is 35.3 cm³/mol. The molecule has 0 saturated carbocycles. The first kappa shape index (κ1) is 3.65. The van der Waals surface area contributed by atoms with Crippen molar-refractivity contribution in [1.29, 1.82) is 0 Å². The van der Waals surface area contributed by atoms with E-state index in [1.54, 1.807) is 0 Å². The molecule has 0 spiro atoms. The van der Waals surface area contributed by atoms with Crippen LogP contribution in [0, 0.1) is 6.85 Å². The van der Waals surface area contributed by atoms with E-state index in [1.807, 2.05) is 0 Å². The van der Waals surface area contributed by atoms with Crippen molar-refractivity contribution in [3.05, 3.63) is 23.5 Å².